The Morgan fingerprint density at radius 2 is 1.95 bits per heavy atom. The molecule has 1 unspecified atom stereocenters. The zero-order valence-electron chi connectivity index (χ0n) is 10.5. The van der Waals surface area contributed by atoms with Crippen LogP contribution in [0.4, 0.5) is 22.0 Å². The van der Waals surface area contributed by atoms with Gasteiger partial charge in [-0.1, -0.05) is 6.92 Å². The Morgan fingerprint density at radius 1 is 1.30 bits per heavy atom. The molecule has 0 heterocycles. The van der Waals surface area contributed by atoms with Gasteiger partial charge in [0.25, 0.3) is 0 Å². The number of likely N-dealkylation sites (N-methyl/N-ethyl adjacent to an activating group) is 1. The summed E-state index contributed by atoms with van der Waals surface area (Å²) in [5.41, 5.74) is -0.344. The minimum Gasteiger partial charge on any atom is -0.370 e. The van der Waals surface area contributed by atoms with Crippen molar-refractivity contribution in [1.82, 2.24) is 5.32 Å². The van der Waals surface area contributed by atoms with Gasteiger partial charge < -0.3 is 10.1 Å². The fraction of sp³-hybridized carbons (Fsp3) is 0.500. The third-order valence-corrected chi connectivity index (χ3v) is 3.04. The van der Waals surface area contributed by atoms with Crippen LogP contribution in [0.25, 0.3) is 0 Å². The molecule has 1 aromatic carbocycles. The third kappa shape index (κ3) is 4.99. The van der Waals surface area contributed by atoms with Gasteiger partial charge in [-0.05, 0) is 34.6 Å². The SMILES string of the molecule is CCNC(COCC(F)(F)F)c1c(F)ccc(Br)c1F. The van der Waals surface area contributed by atoms with Crippen LogP contribution in [0.5, 0.6) is 0 Å². The zero-order chi connectivity index (χ0) is 15.3. The quantitative estimate of drug-likeness (QED) is 0.611. The van der Waals surface area contributed by atoms with E-state index in [1.165, 1.54) is 6.07 Å². The van der Waals surface area contributed by atoms with Gasteiger partial charge in [0.05, 0.1) is 17.1 Å². The smallest absolute Gasteiger partial charge is 0.370 e. The first-order valence-electron chi connectivity index (χ1n) is 5.77. The number of nitrogens with one attached hydrogen (secondary N) is 1. The number of alkyl halides is 3. The van der Waals surface area contributed by atoms with Crippen LogP contribution in [0.3, 0.4) is 0 Å². The average Bonchev–Trinajstić information content (AvgIpc) is 2.33. The predicted molar refractivity (Wildman–Crippen MR) is 67.3 cm³/mol. The highest BCUT2D eigenvalue weighted by Gasteiger charge is 2.29. The molecule has 1 N–H and O–H groups in total. The summed E-state index contributed by atoms with van der Waals surface area (Å²) in [5.74, 6) is -1.70. The Hall–Kier alpha value is -0.730. The molecule has 2 nitrogen and oxygen atoms in total. The summed E-state index contributed by atoms with van der Waals surface area (Å²) >= 11 is 2.91. The molecule has 0 amide bonds. The molecule has 0 aliphatic rings. The Kier molecular flexibility index (Phi) is 6.35. The third-order valence-electron chi connectivity index (χ3n) is 2.43. The van der Waals surface area contributed by atoms with Crippen LogP contribution in [0.1, 0.15) is 18.5 Å². The van der Waals surface area contributed by atoms with Crippen molar-refractivity contribution in [2.75, 3.05) is 19.8 Å². The maximum Gasteiger partial charge on any atom is 0.411 e. The summed E-state index contributed by atoms with van der Waals surface area (Å²) in [6, 6.07) is 1.23. The Labute approximate surface area is 121 Å². The molecular weight excluding hydrogens is 349 g/mol. The van der Waals surface area contributed by atoms with E-state index < -0.39 is 37.1 Å². The van der Waals surface area contributed by atoms with Gasteiger partial charge >= 0.3 is 6.18 Å². The molecule has 0 aromatic heterocycles. The summed E-state index contributed by atoms with van der Waals surface area (Å²) in [6.45, 7) is 0.0414. The van der Waals surface area contributed by atoms with Crippen LogP contribution >= 0.6 is 15.9 Å². The molecule has 1 atom stereocenters. The lowest BCUT2D eigenvalue weighted by molar-refractivity contribution is -0.175. The molecule has 0 aliphatic heterocycles. The van der Waals surface area contributed by atoms with Gasteiger partial charge in [-0.25, -0.2) is 8.78 Å². The topological polar surface area (TPSA) is 21.3 Å². The van der Waals surface area contributed by atoms with Gasteiger partial charge in [0.15, 0.2) is 0 Å². The first kappa shape index (κ1) is 17.3. The van der Waals surface area contributed by atoms with Crippen LogP contribution in [-0.4, -0.2) is 25.9 Å². The molecule has 0 spiro atoms. The van der Waals surface area contributed by atoms with E-state index in [0.717, 1.165) is 6.07 Å². The van der Waals surface area contributed by atoms with Crippen molar-refractivity contribution in [1.29, 1.82) is 0 Å². The van der Waals surface area contributed by atoms with Crippen molar-refractivity contribution in [3.05, 3.63) is 33.8 Å². The molecule has 0 saturated carbocycles. The van der Waals surface area contributed by atoms with Crippen molar-refractivity contribution in [3.8, 4) is 0 Å². The molecule has 1 rings (SSSR count). The summed E-state index contributed by atoms with van der Waals surface area (Å²) in [5, 5.41) is 2.70. The van der Waals surface area contributed by atoms with Gasteiger partial charge in [-0.3, -0.25) is 0 Å². The van der Waals surface area contributed by atoms with Crippen LogP contribution in [0, 0.1) is 11.6 Å². The molecule has 0 aliphatic carbocycles. The van der Waals surface area contributed by atoms with Crippen LogP contribution in [0.15, 0.2) is 16.6 Å². The second-order valence-electron chi connectivity index (χ2n) is 4.00. The highest BCUT2D eigenvalue weighted by molar-refractivity contribution is 9.10. The van der Waals surface area contributed by atoms with Gasteiger partial charge in [0.1, 0.15) is 18.2 Å². The number of benzene rings is 1. The van der Waals surface area contributed by atoms with Crippen molar-refractivity contribution >= 4 is 15.9 Å². The minimum atomic E-state index is -4.48. The second kappa shape index (κ2) is 7.33. The molecule has 0 radical (unpaired) electrons. The van der Waals surface area contributed by atoms with Gasteiger partial charge in [0.2, 0.25) is 0 Å². The lowest BCUT2D eigenvalue weighted by Crippen LogP contribution is -2.29. The van der Waals surface area contributed by atoms with E-state index in [9.17, 15) is 22.0 Å². The lowest BCUT2D eigenvalue weighted by atomic mass is 10.1. The maximum absolute atomic E-state index is 13.9. The number of hydrogen-bond donors (Lipinski definition) is 1. The summed E-state index contributed by atoms with van der Waals surface area (Å²) in [7, 11) is 0. The number of halogens is 6. The van der Waals surface area contributed by atoms with Crippen LogP contribution in [-0.2, 0) is 4.74 Å². The maximum atomic E-state index is 13.9. The number of rotatable bonds is 6. The van der Waals surface area contributed by atoms with Gasteiger partial charge in [0, 0.05) is 5.56 Å². The molecule has 0 bridgehead atoms. The van der Waals surface area contributed by atoms with Crippen LogP contribution in [0.2, 0.25) is 0 Å². The molecule has 1 aromatic rings. The Bertz CT molecular complexity index is 452. The molecule has 20 heavy (non-hydrogen) atoms. The van der Waals surface area contributed by atoms with Crippen LogP contribution < -0.4 is 5.32 Å². The number of ether oxygens (including phenoxy) is 1. The fourth-order valence-electron chi connectivity index (χ4n) is 1.65. The Balaban J connectivity index is 2.88. The summed E-state index contributed by atoms with van der Waals surface area (Å²) < 4.78 is 68.1. The molecule has 8 heteroatoms. The number of hydrogen-bond acceptors (Lipinski definition) is 2. The lowest BCUT2D eigenvalue weighted by Gasteiger charge is -2.20. The van der Waals surface area contributed by atoms with E-state index in [0.29, 0.717) is 6.54 Å². The summed E-state index contributed by atoms with van der Waals surface area (Å²) in [6.07, 6.45) is -4.48. The first-order valence-corrected chi connectivity index (χ1v) is 6.56. The zero-order valence-corrected chi connectivity index (χ0v) is 12.1. The van der Waals surface area contributed by atoms with Gasteiger partial charge in [-0.2, -0.15) is 13.2 Å². The summed E-state index contributed by atoms with van der Waals surface area (Å²) in [4.78, 5) is 0. The van der Waals surface area contributed by atoms with E-state index in [2.05, 4.69) is 26.0 Å². The second-order valence-corrected chi connectivity index (χ2v) is 4.85. The van der Waals surface area contributed by atoms with E-state index in [-0.39, 0.29) is 10.0 Å². The first-order chi connectivity index (χ1) is 9.26. The van der Waals surface area contributed by atoms with E-state index in [1.807, 2.05) is 0 Å². The van der Waals surface area contributed by atoms with E-state index in [1.54, 1.807) is 6.92 Å². The molecule has 0 fully saturated rings. The van der Waals surface area contributed by atoms with Crippen molar-refractivity contribution < 1.29 is 26.7 Å². The normalized spacial score (nSPS) is 13.6. The molecule has 0 saturated heterocycles. The van der Waals surface area contributed by atoms with Crippen molar-refractivity contribution in [2.45, 2.75) is 19.1 Å². The van der Waals surface area contributed by atoms with E-state index in [4.69, 9.17) is 0 Å². The van der Waals surface area contributed by atoms with Gasteiger partial charge in [-0.15, -0.1) is 0 Å². The van der Waals surface area contributed by atoms with Crippen molar-refractivity contribution in [2.24, 2.45) is 0 Å². The van der Waals surface area contributed by atoms with Crippen molar-refractivity contribution in [3.63, 3.8) is 0 Å². The Morgan fingerprint density at radius 3 is 2.50 bits per heavy atom. The highest BCUT2D eigenvalue weighted by atomic mass is 79.9. The highest BCUT2D eigenvalue weighted by Crippen LogP contribution is 2.27. The standard InChI is InChI=1S/C12H13BrF5NO/c1-2-19-9(5-20-6-12(16,17)18)10-8(14)4-3-7(13)11(10)15/h3-4,9,19H,2,5-6H2,1H3. The monoisotopic (exact) mass is 361 g/mol. The largest absolute Gasteiger partial charge is 0.411 e. The fourth-order valence-corrected chi connectivity index (χ4v) is 1.99. The molecular formula is C12H13BrF5NO. The minimum absolute atomic E-state index is 0.0348. The average molecular weight is 362 g/mol. The molecule has 114 valence electrons. The predicted octanol–water partition coefficient (Wildman–Crippen LogP) is 3.96. The van der Waals surface area contributed by atoms with E-state index >= 15 is 0 Å².